The molecule has 6 heteroatoms. The number of amides is 1. The van der Waals surface area contributed by atoms with Crippen molar-refractivity contribution >= 4 is 23.2 Å². The van der Waals surface area contributed by atoms with E-state index in [0.29, 0.717) is 34.0 Å². The van der Waals surface area contributed by atoms with Crippen molar-refractivity contribution in [2.45, 2.75) is 13.3 Å². The molecule has 0 unspecified atom stereocenters. The van der Waals surface area contributed by atoms with Gasteiger partial charge in [-0.1, -0.05) is 28.6 Å². The lowest BCUT2D eigenvalue weighted by atomic mass is 10.1. The van der Waals surface area contributed by atoms with Crippen LogP contribution in [0, 0.1) is 18.8 Å². The van der Waals surface area contributed by atoms with Gasteiger partial charge in [-0.3, -0.25) is 4.79 Å². The molecule has 2 aromatic rings. The maximum absolute atomic E-state index is 12.1. The van der Waals surface area contributed by atoms with Gasteiger partial charge in [0.1, 0.15) is 11.3 Å². The fourth-order valence-corrected chi connectivity index (χ4v) is 1.82. The molecule has 5 nitrogen and oxygen atoms in total. The van der Waals surface area contributed by atoms with Crippen LogP contribution in [0.3, 0.4) is 0 Å². The normalized spacial score (nSPS) is 9.86. The fraction of sp³-hybridized carbons (Fsp3) is 0.200. The summed E-state index contributed by atoms with van der Waals surface area (Å²) in [6.07, 6.45) is 1.72. The van der Waals surface area contributed by atoms with Gasteiger partial charge in [0.25, 0.3) is 5.91 Å². The number of aryl methyl sites for hydroxylation is 1. The number of nitrogens with one attached hydrogen (secondary N) is 1. The first kappa shape index (κ1) is 15.1. The van der Waals surface area contributed by atoms with Crippen molar-refractivity contribution in [2.75, 3.05) is 11.9 Å². The highest BCUT2D eigenvalue weighted by atomic mass is 35.5. The number of hydrogen-bond acceptors (Lipinski definition) is 4. The van der Waals surface area contributed by atoms with Gasteiger partial charge in [-0.25, -0.2) is 0 Å². The first-order valence-corrected chi connectivity index (χ1v) is 6.61. The Morgan fingerprint density at radius 2 is 2.33 bits per heavy atom. The highest BCUT2D eigenvalue weighted by molar-refractivity contribution is 6.31. The Balaban J connectivity index is 2.27. The molecule has 2 rings (SSSR count). The summed E-state index contributed by atoms with van der Waals surface area (Å²) in [6.45, 7) is 1.64. The predicted molar refractivity (Wildman–Crippen MR) is 79.2 cm³/mol. The van der Waals surface area contributed by atoms with E-state index in [4.69, 9.17) is 21.2 Å². The van der Waals surface area contributed by atoms with E-state index in [0.717, 1.165) is 0 Å². The van der Waals surface area contributed by atoms with Crippen LogP contribution in [0.25, 0.3) is 0 Å². The van der Waals surface area contributed by atoms with Gasteiger partial charge >= 0.3 is 0 Å². The van der Waals surface area contributed by atoms with Crippen LogP contribution in [0.1, 0.15) is 28.1 Å². The number of halogens is 1. The second-order valence-corrected chi connectivity index (χ2v) is 4.65. The second-order valence-electron chi connectivity index (χ2n) is 4.22. The Hall–Kier alpha value is -2.29. The van der Waals surface area contributed by atoms with Crippen molar-refractivity contribution in [2.24, 2.45) is 0 Å². The highest BCUT2D eigenvalue weighted by Crippen LogP contribution is 2.21. The lowest BCUT2D eigenvalue weighted by Crippen LogP contribution is -2.13. The van der Waals surface area contributed by atoms with Gasteiger partial charge in [-0.15, -0.1) is 0 Å². The van der Waals surface area contributed by atoms with E-state index in [-0.39, 0.29) is 12.5 Å². The molecule has 0 aliphatic rings. The van der Waals surface area contributed by atoms with E-state index < -0.39 is 0 Å². The number of aliphatic hydroxyl groups excluding tert-OH is 1. The quantitative estimate of drug-likeness (QED) is 0.855. The molecule has 1 heterocycles. The molecule has 0 aliphatic heterocycles. The monoisotopic (exact) mass is 304 g/mol. The van der Waals surface area contributed by atoms with Crippen molar-refractivity contribution in [3.63, 3.8) is 0 Å². The summed E-state index contributed by atoms with van der Waals surface area (Å²) in [4.78, 5) is 12.1. The standard InChI is InChI=1S/C15H13ClN2O3/c1-10-13(9-17-21-10)15(20)18-14-8-12(16)6-5-11(14)4-2-3-7-19/h5-6,8-9,19H,3,7H2,1H3,(H,18,20). The lowest BCUT2D eigenvalue weighted by molar-refractivity contribution is 0.102. The summed E-state index contributed by atoms with van der Waals surface area (Å²) in [6, 6.07) is 5.01. The van der Waals surface area contributed by atoms with Gasteiger partial charge in [0, 0.05) is 17.0 Å². The lowest BCUT2D eigenvalue weighted by Gasteiger charge is -2.07. The van der Waals surface area contributed by atoms with Gasteiger partial charge in [0.15, 0.2) is 0 Å². The first-order valence-electron chi connectivity index (χ1n) is 6.23. The van der Waals surface area contributed by atoms with E-state index in [9.17, 15) is 4.79 Å². The predicted octanol–water partition coefficient (Wildman–Crippen LogP) is 2.62. The van der Waals surface area contributed by atoms with Crippen LogP contribution in [0.15, 0.2) is 28.9 Å². The molecule has 0 aliphatic carbocycles. The Labute approximate surface area is 126 Å². The number of benzene rings is 1. The number of aromatic nitrogens is 1. The zero-order valence-corrected chi connectivity index (χ0v) is 12.1. The van der Waals surface area contributed by atoms with Crippen LogP contribution < -0.4 is 5.32 Å². The van der Waals surface area contributed by atoms with E-state index in [1.54, 1.807) is 25.1 Å². The van der Waals surface area contributed by atoms with Crippen molar-refractivity contribution < 1.29 is 14.4 Å². The third kappa shape index (κ3) is 3.85. The number of aliphatic hydroxyl groups is 1. The molecular formula is C15H13ClN2O3. The largest absolute Gasteiger partial charge is 0.395 e. The second kappa shape index (κ2) is 6.93. The minimum absolute atomic E-state index is 0.0117. The number of hydrogen-bond donors (Lipinski definition) is 2. The molecule has 0 radical (unpaired) electrons. The van der Waals surface area contributed by atoms with Crippen molar-refractivity contribution in [1.82, 2.24) is 5.16 Å². The molecule has 0 saturated heterocycles. The van der Waals surface area contributed by atoms with E-state index in [1.165, 1.54) is 6.20 Å². The van der Waals surface area contributed by atoms with Crippen LogP contribution in [0.2, 0.25) is 5.02 Å². The first-order chi connectivity index (χ1) is 10.1. The van der Waals surface area contributed by atoms with Crippen molar-refractivity contribution in [3.8, 4) is 11.8 Å². The minimum Gasteiger partial charge on any atom is -0.395 e. The summed E-state index contributed by atoms with van der Waals surface area (Å²) >= 11 is 5.95. The number of nitrogens with zero attached hydrogens (tertiary/aromatic N) is 1. The zero-order valence-electron chi connectivity index (χ0n) is 11.3. The van der Waals surface area contributed by atoms with Crippen LogP contribution in [-0.4, -0.2) is 22.8 Å². The molecule has 1 aromatic heterocycles. The third-order valence-corrected chi connectivity index (χ3v) is 2.92. The zero-order chi connectivity index (χ0) is 15.2. The van der Waals surface area contributed by atoms with Crippen molar-refractivity contribution in [3.05, 3.63) is 46.3 Å². The number of carbonyl (C=O) groups is 1. The number of rotatable bonds is 3. The number of anilines is 1. The molecule has 0 spiro atoms. The molecule has 21 heavy (non-hydrogen) atoms. The Morgan fingerprint density at radius 3 is 3.00 bits per heavy atom. The van der Waals surface area contributed by atoms with Crippen molar-refractivity contribution in [1.29, 1.82) is 0 Å². The maximum Gasteiger partial charge on any atom is 0.260 e. The molecule has 0 atom stereocenters. The Bertz CT molecular complexity index is 713. The summed E-state index contributed by atoms with van der Waals surface area (Å²) in [5.74, 6) is 5.78. The molecule has 1 aromatic carbocycles. The van der Waals surface area contributed by atoms with Crippen LogP contribution in [0.5, 0.6) is 0 Å². The molecule has 0 fully saturated rings. The van der Waals surface area contributed by atoms with E-state index in [1.807, 2.05) is 0 Å². The topological polar surface area (TPSA) is 75.4 Å². The van der Waals surface area contributed by atoms with Crippen LogP contribution in [0.4, 0.5) is 5.69 Å². The smallest absolute Gasteiger partial charge is 0.260 e. The minimum atomic E-state index is -0.346. The SMILES string of the molecule is Cc1oncc1C(=O)Nc1cc(Cl)ccc1C#CCCO. The molecule has 1 amide bonds. The van der Waals surface area contributed by atoms with Crippen LogP contribution >= 0.6 is 11.6 Å². The average molecular weight is 305 g/mol. The van der Waals surface area contributed by atoms with Gasteiger partial charge in [-0.2, -0.15) is 0 Å². The molecule has 0 saturated carbocycles. The summed E-state index contributed by atoms with van der Waals surface area (Å²) < 4.78 is 4.86. The highest BCUT2D eigenvalue weighted by Gasteiger charge is 2.14. The Kier molecular flexibility index (Phi) is 4.99. The van der Waals surface area contributed by atoms with E-state index >= 15 is 0 Å². The van der Waals surface area contributed by atoms with Gasteiger partial charge in [0.2, 0.25) is 0 Å². The summed E-state index contributed by atoms with van der Waals surface area (Å²) in [7, 11) is 0. The van der Waals surface area contributed by atoms with Gasteiger partial charge < -0.3 is 14.9 Å². The maximum atomic E-state index is 12.1. The number of carbonyl (C=O) groups excluding carboxylic acids is 1. The molecule has 0 bridgehead atoms. The summed E-state index contributed by atoms with van der Waals surface area (Å²) in [5, 5.41) is 15.5. The average Bonchev–Trinajstić information content (AvgIpc) is 2.88. The summed E-state index contributed by atoms with van der Waals surface area (Å²) in [5.41, 5.74) is 1.47. The molecular weight excluding hydrogens is 292 g/mol. The fourth-order valence-electron chi connectivity index (χ4n) is 1.65. The van der Waals surface area contributed by atoms with Gasteiger partial charge in [0.05, 0.1) is 18.5 Å². The Morgan fingerprint density at radius 1 is 1.52 bits per heavy atom. The third-order valence-electron chi connectivity index (χ3n) is 2.69. The van der Waals surface area contributed by atoms with Crippen LogP contribution in [-0.2, 0) is 0 Å². The molecule has 108 valence electrons. The van der Waals surface area contributed by atoms with Gasteiger partial charge in [-0.05, 0) is 25.1 Å². The molecule has 2 N–H and O–H groups in total. The van der Waals surface area contributed by atoms with E-state index in [2.05, 4.69) is 22.3 Å².